The number of rotatable bonds is 6. The number of halogens is 4. The van der Waals surface area contributed by atoms with Crippen LogP contribution in [0.5, 0.6) is 0 Å². The van der Waals surface area contributed by atoms with E-state index < -0.39 is 24.4 Å². The van der Waals surface area contributed by atoms with Gasteiger partial charge in [-0.3, -0.25) is 4.57 Å². The van der Waals surface area contributed by atoms with Crippen molar-refractivity contribution in [3.8, 4) is 11.8 Å². The number of hydrogen-bond donors (Lipinski definition) is 0. The minimum Gasteiger partial charge on any atom is -0.461 e. The van der Waals surface area contributed by atoms with E-state index in [9.17, 15) is 27.6 Å². The second-order valence-electron chi connectivity index (χ2n) is 5.65. The molecular weight excluding hydrogens is 366 g/mol. The van der Waals surface area contributed by atoms with E-state index in [2.05, 4.69) is 4.98 Å². The minimum absolute atomic E-state index is 0.0674. The van der Waals surface area contributed by atoms with Gasteiger partial charge in [0.1, 0.15) is 17.7 Å². The van der Waals surface area contributed by atoms with Gasteiger partial charge in [-0.1, -0.05) is 13.0 Å². The molecule has 2 rings (SSSR count). The van der Waals surface area contributed by atoms with Gasteiger partial charge < -0.3 is 4.74 Å². The molecule has 0 amide bonds. The Bertz CT molecular complexity index is 882. The molecule has 0 saturated carbocycles. The van der Waals surface area contributed by atoms with E-state index in [4.69, 9.17) is 4.74 Å². The summed E-state index contributed by atoms with van der Waals surface area (Å²) in [7, 11) is 0. The Labute approximate surface area is 153 Å². The van der Waals surface area contributed by atoms with Crippen molar-refractivity contribution in [2.24, 2.45) is 0 Å². The van der Waals surface area contributed by atoms with Gasteiger partial charge in [-0.05, 0) is 31.0 Å². The van der Waals surface area contributed by atoms with Crippen LogP contribution in [0.4, 0.5) is 17.6 Å². The van der Waals surface area contributed by atoms with Gasteiger partial charge in [0.15, 0.2) is 11.4 Å². The highest BCUT2D eigenvalue weighted by atomic mass is 19.4. The summed E-state index contributed by atoms with van der Waals surface area (Å²) in [4.78, 5) is 16.1. The maximum atomic E-state index is 14.6. The van der Waals surface area contributed by atoms with Crippen molar-refractivity contribution in [3.63, 3.8) is 0 Å². The van der Waals surface area contributed by atoms with Gasteiger partial charge in [0.25, 0.3) is 0 Å². The molecule has 0 aliphatic carbocycles. The fourth-order valence-corrected chi connectivity index (χ4v) is 2.58. The molecule has 0 saturated heterocycles. The normalized spacial score (nSPS) is 11.3. The van der Waals surface area contributed by atoms with Gasteiger partial charge in [-0.25, -0.2) is 14.2 Å². The van der Waals surface area contributed by atoms with Gasteiger partial charge in [-0.15, -0.1) is 0 Å². The molecule has 144 valence electrons. The third-order valence-corrected chi connectivity index (χ3v) is 3.79. The summed E-state index contributed by atoms with van der Waals surface area (Å²) in [6, 6.07) is 5.45. The van der Waals surface area contributed by atoms with Crippen molar-refractivity contribution in [3.05, 3.63) is 46.8 Å². The molecule has 1 aromatic heterocycles. The third-order valence-electron chi connectivity index (χ3n) is 3.79. The van der Waals surface area contributed by atoms with E-state index >= 15 is 0 Å². The topological polar surface area (TPSA) is 67.9 Å². The first-order chi connectivity index (χ1) is 12.7. The predicted octanol–water partition coefficient (Wildman–Crippen LogP) is 4.12. The zero-order valence-corrected chi connectivity index (χ0v) is 14.7. The Morgan fingerprint density at radius 2 is 2.04 bits per heavy atom. The Kier molecular flexibility index (Phi) is 6.20. The number of nitriles is 1. The quantitative estimate of drug-likeness (QED) is 0.556. The molecule has 0 bridgehead atoms. The van der Waals surface area contributed by atoms with Gasteiger partial charge in [0.2, 0.25) is 0 Å². The van der Waals surface area contributed by atoms with E-state index in [-0.39, 0.29) is 41.5 Å². The molecular formula is C18H17F4N3O2. The number of carbonyl (C=O) groups excluding carboxylic acids is 1. The van der Waals surface area contributed by atoms with E-state index in [1.54, 1.807) is 13.8 Å². The Morgan fingerprint density at radius 3 is 2.56 bits per heavy atom. The molecule has 0 spiro atoms. The summed E-state index contributed by atoms with van der Waals surface area (Å²) in [6.07, 6.45) is -5.46. The van der Waals surface area contributed by atoms with Crippen molar-refractivity contribution in [2.45, 2.75) is 39.3 Å². The molecule has 1 heterocycles. The molecule has 0 unspecified atom stereocenters. The van der Waals surface area contributed by atoms with Crippen LogP contribution in [0.25, 0.3) is 5.69 Å². The molecule has 1 aromatic carbocycles. The first kappa shape index (κ1) is 20.4. The Morgan fingerprint density at radius 1 is 1.33 bits per heavy atom. The number of imidazole rings is 1. The molecule has 9 heteroatoms. The summed E-state index contributed by atoms with van der Waals surface area (Å²) in [5, 5.41) is 9.44. The van der Waals surface area contributed by atoms with Crippen LogP contribution in [-0.4, -0.2) is 28.3 Å². The molecule has 0 N–H and O–H groups in total. The van der Waals surface area contributed by atoms with E-state index in [0.717, 1.165) is 6.07 Å². The summed E-state index contributed by atoms with van der Waals surface area (Å²) < 4.78 is 57.7. The van der Waals surface area contributed by atoms with Crippen LogP contribution in [0, 0.1) is 17.1 Å². The fraction of sp³-hybridized carbons (Fsp3) is 0.389. The molecule has 0 aliphatic rings. The largest absolute Gasteiger partial charge is 0.461 e. The highest BCUT2D eigenvalue weighted by molar-refractivity contribution is 5.90. The summed E-state index contributed by atoms with van der Waals surface area (Å²) in [5.41, 5.74) is -0.304. The monoisotopic (exact) mass is 383 g/mol. The SMILES string of the molecule is CCOC(=O)c1nc(CC)n(-c2ccc(CCC(F)(F)F)cc2F)c1C#N. The van der Waals surface area contributed by atoms with Crippen LogP contribution in [0.2, 0.25) is 0 Å². The van der Waals surface area contributed by atoms with Gasteiger partial charge in [-0.2, -0.15) is 18.4 Å². The number of aromatic nitrogens is 2. The zero-order valence-electron chi connectivity index (χ0n) is 14.7. The predicted molar refractivity (Wildman–Crippen MR) is 87.9 cm³/mol. The van der Waals surface area contributed by atoms with Crippen molar-refractivity contribution in [1.29, 1.82) is 5.26 Å². The number of benzene rings is 1. The summed E-state index contributed by atoms with van der Waals surface area (Å²) >= 11 is 0. The molecule has 0 radical (unpaired) electrons. The lowest BCUT2D eigenvalue weighted by molar-refractivity contribution is -0.134. The lowest BCUT2D eigenvalue weighted by Crippen LogP contribution is -2.10. The van der Waals surface area contributed by atoms with E-state index in [1.807, 2.05) is 6.07 Å². The van der Waals surface area contributed by atoms with Gasteiger partial charge >= 0.3 is 12.1 Å². The molecule has 0 atom stereocenters. The summed E-state index contributed by atoms with van der Waals surface area (Å²) in [5.74, 6) is -1.35. The molecule has 2 aromatic rings. The maximum Gasteiger partial charge on any atom is 0.389 e. The molecule has 27 heavy (non-hydrogen) atoms. The van der Waals surface area contributed by atoms with Crippen LogP contribution in [-0.2, 0) is 17.6 Å². The number of hydrogen-bond acceptors (Lipinski definition) is 4. The van der Waals surface area contributed by atoms with Crippen LogP contribution in [0.1, 0.15) is 47.8 Å². The lowest BCUT2D eigenvalue weighted by Gasteiger charge is -2.11. The summed E-state index contributed by atoms with van der Waals surface area (Å²) in [6.45, 7) is 3.39. The number of ether oxygens (including phenoxy) is 1. The van der Waals surface area contributed by atoms with Crippen molar-refractivity contribution >= 4 is 5.97 Å². The standard InChI is InChI=1S/C18H17F4N3O2/c1-3-15-24-16(17(26)27-4-2)14(10-23)25(15)13-6-5-11(9-12(13)19)7-8-18(20,21)22/h5-6,9H,3-4,7-8H2,1-2H3. The molecule has 0 aliphatic heterocycles. The second-order valence-corrected chi connectivity index (χ2v) is 5.65. The van der Waals surface area contributed by atoms with Crippen molar-refractivity contribution in [2.75, 3.05) is 6.61 Å². The average Bonchev–Trinajstić information content (AvgIpc) is 2.98. The van der Waals surface area contributed by atoms with Crippen molar-refractivity contribution < 1.29 is 27.1 Å². The first-order valence-corrected chi connectivity index (χ1v) is 8.26. The second kappa shape index (κ2) is 8.20. The fourth-order valence-electron chi connectivity index (χ4n) is 2.58. The van der Waals surface area contributed by atoms with Crippen LogP contribution in [0.15, 0.2) is 18.2 Å². The molecule has 0 fully saturated rings. The highest BCUT2D eigenvalue weighted by Gasteiger charge is 2.27. The van der Waals surface area contributed by atoms with E-state index in [1.165, 1.54) is 16.7 Å². The average molecular weight is 383 g/mol. The van der Waals surface area contributed by atoms with Gasteiger partial charge in [0.05, 0.1) is 12.3 Å². The molecule has 5 nitrogen and oxygen atoms in total. The first-order valence-electron chi connectivity index (χ1n) is 8.26. The van der Waals surface area contributed by atoms with Crippen molar-refractivity contribution in [1.82, 2.24) is 9.55 Å². The number of nitrogens with zero attached hydrogens (tertiary/aromatic N) is 3. The smallest absolute Gasteiger partial charge is 0.389 e. The Balaban J connectivity index is 2.48. The maximum absolute atomic E-state index is 14.6. The van der Waals surface area contributed by atoms with Crippen LogP contribution in [0.3, 0.4) is 0 Å². The number of aryl methyl sites for hydroxylation is 2. The highest BCUT2D eigenvalue weighted by Crippen LogP contribution is 2.26. The lowest BCUT2D eigenvalue weighted by atomic mass is 10.1. The number of carbonyl (C=O) groups is 1. The van der Waals surface area contributed by atoms with Crippen LogP contribution >= 0.6 is 0 Å². The Hall–Kier alpha value is -2.89. The number of esters is 1. The third kappa shape index (κ3) is 4.64. The van der Waals surface area contributed by atoms with Gasteiger partial charge in [0, 0.05) is 12.8 Å². The van der Waals surface area contributed by atoms with E-state index in [0.29, 0.717) is 6.42 Å². The zero-order chi connectivity index (χ0) is 20.2. The minimum atomic E-state index is -4.34. The van der Waals surface area contributed by atoms with Crippen LogP contribution < -0.4 is 0 Å². The number of alkyl halides is 3.